The fraction of sp³-hybridized carbons (Fsp3) is 0.353. The normalized spacial score (nSPS) is 11.4. The summed E-state index contributed by atoms with van der Waals surface area (Å²) in [6.07, 6.45) is 0. The van der Waals surface area contributed by atoms with Crippen LogP contribution < -0.4 is 10.9 Å². The SMILES string of the molecule is CNc1nnc(SCc2cc(=O)oc3cc(C)c(C(C)C)cc23)s1. The molecule has 0 bridgehead atoms. The Morgan fingerprint density at radius 1 is 1.29 bits per heavy atom. The van der Waals surface area contributed by atoms with E-state index >= 15 is 0 Å². The monoisotopic (exact) mass is 361 g/mol. The van der Waals surface area contributed by atoms with Gasteiger partial charge in [0.05, 0.1) is 0 Å². The molecule has 0 aliphatic carbocycles. The van der Waals surface area contributed by atoms with Crippen molar-refractivity contribution in [3.63, 3.8) is 0 Å². The van der Waals surface area contributed by atoms with Gasteiger partial charge in [-0.2, -0.15) is 0 Å². The van der Waals surface area contributed by atoms with Crippen molar-refractivity contribution in [2.45, 2.75) is 36.8 Å². The predicted molar refractivity (Wildman–Crippen MR) is 100 cm³/mol. The zero-order valence-electron chi connectivity index (χ0n) is 14.0. The number of nitrogens with one attached hydrogen (secondary N) is 1. The number of thioether (sulfide) groups is 1. The summed E-state index contributed by atoms with van der Waals surface area (Å²) in [6.45, 7) is 6.39. The molecule has 0 amide bonds. The lowest BCUT2D eigenvalue weighted by Crippen LogP contribution is -2.02. The number of nitrogens with zero attached hydrogens (tertiary/aromatic N) is 2. The van der Waals surface area contributed by atoms with Gasteiger partial charge in [0.25, 0.3) is 0 Å². The van der Waals surface area contributed by atoms with Gasteiger partial charge in [-0.15, -0.1) is 10.2 Å². The third-order valence-electron chi connectivity index (χ3n) is 3.81. The first-order valence-electron chi connectivity index (χ1n) is 7.69. The Balaban J connectivity index is 1.99. The van der Waals surface area contributed by atoms with Gasteiger partial charge < -0.3 is 9.73 Å². The quantitative estimate of drug-likeness (QED) is 0.536. The second kappa shape index (κ2) is 6.94. The van der Waals surface area contributed by atoms with Crippen molar-refractivity contribution >= 4 is 39.2 Å². The number of rotatable bonds is 5. The van der Waals surface area contributed by atoms with Crippen molar-refractivity contribution in [2.24, 2.45) is 0 Å². The Morgan fingerprint density at radius 3 is 2.75 bits per heavy atom. The summed E-state index contributed by atoms with van der Waals surface area (Å²) in [5.74, 6) is 1.07. The first-order chi connectivity index (χ1) is 11.5. The van der Waals surface area contributed by atoms with Crippen LogP contribution in [0.3, 0.4) is 0 Å². The average Bonchev–Trinajstić information content (AvgIpc) is 2.99. The van der Waals surface area contributed by atoms with E-state index in [2.05, 4.69) is 42.4 Å². The van der Waals surface area contributed by atoms with Gasteiger partial charge in [0, 0.05) is 24.3 Å². The van der Waals surface area contributed by atoms with Crippen LogP contribution in [-0.4, -0.2) is 17.2 Å². The van der Waals surface area contributed by atoms with Gasteiger partial charge in [-0.25, -0.2) is 4.79 Å². The molecule has 2 aromatic heterocycles. The van der Waals surface area contributed by atoms with E-state index in [-0.39, 0.29) is 5.63 Å². The molecule has 0 atom stereocenters. The molecule has 0 aliphatic heterocycles. The maximum Gasteiger partial charge on any atom is 0.336 e. The summed E-state index contributed by atoms with van der Waals surface area (Å²) >= 11 is 3.08. The van der Waals surface area contributed by atoms with E-state index in [9.17, 15) is 4.79 Å². The third kappa shape index (κ3) is 3.47. The van der Waals surface area contributed by atoms with E-state index in [4.69, 9.17) is 4.42 Å². The van der Waals surface area contributed by atoms with Crippen molar-refractivity contribution in [2.75, 3.05) is 12.4 Å². The van der Waals surface area contributed by atoms with E-state index < -0.39 is 0 Å². The molecule has 126 valence electrons. The molecular formula is C17H19N3O2S2. The van der Waals surface area contributed by atoms with E-state index in [1.807, 2.05) is 13.1 Å². The molecule has 0 spiro atoms. The summed E-state index contributed by atoms with van der Waals surface area (Å²) in [7, 11) is 1.82. The Bertz CT molecular complexity index is 931. The van der Waals surface area contributed by atoms with Gasteiger partial charge >= 0.3 is 5.63 Å². The topological polar surface area (TPSA) is 68.0 Å². The van der Waals surface area contributed by atoms with E-state index in [1.165, 1.54) is 16.9 Å². The number of hydrogen-bond donors (Lipinski definition) is 1. The molecule has 2 heterocycles. The number of anilines is 1. The first kappa shape index (κ1) is 17.0. The Labute approximate surface area is 148 Å². The lowest BCUT2D eigenvalue weighted by molar-refractivity contribution is 0.559. The lowest BCUT2D eigenvalue weighted by Gasteiger charge is -2.12. The molecule has 5 nitrogen and oxygen atoms in total. The Morgan fingerprint density at radius 2 is 2.08 bits per heavy atom. The molecule has 3 rings (SSSR count). The second-order valence-corrected chi connectivity index (χ2v) is 8.06. The van der Waals surface area contributed by atoms with Crippen LogP contribution in [0.2, 0.25) is 0 Å². The number of aryl methyl sites for hydroxylation is 1. The molecule has 0 saturated heterocycles. The molecule has 0 fully saturated rings. The van der Waals surface area contributed by atoms with Crippen LogP contribution in [0.1, 0.15) is 36.5 Å². The molecule has 0 saturated carbocycles. The van der Waals surface area contributed by atoms with Crippen LogP contribution in [0.25, 0.3) is 11.0 Å². The minimum absolute atomic E-state index is 0.317. The molecular weight excluding hydrogens is 342 g/mol. The Hall–Kier alpha value is -1.86. The molecule has 0 aliphatic rings. The Kier molecular flexibility index (Phi) is 4.91. The van der Waals surface area contributed by atoms with E-state index in [1.54, 1.807) is 17.8 Å². The van der Waals surface area contributed by atoms with E-state index in [0.717, 1.165) is 26.0 Å². The molecule has 0 radical (unpaired) electrons. The largest absolute Gasteiger partial charge is 0.423 e. The maximum atomic E-state index is 11.9. The minimum atomic E-state index is -0.317. The zero-order valence-corrected chi connectivity index (χ0v) is 15.7. The highest BCUT2D eigenvalue weighted by atomic mass is 32.2. The van der Waals surface area contributed by atoms with Crippen LogP contribution in [0, 0.1) is 6.92 Å². The average molecular weight is 361 g/mol. The van der Waals surface area contributed by atoms with Crippen molar-refractivity contribution in [3.8, 4) is 0 Å². The number of fused-ring (bicyclic) bond motifs is 1. The van der Waals surface area contributed by atoms with E-state index in [0.29, 0.717) is 17.3 Å². The fourth-order valence-corrected chi connectivity index (χ4v) is 4.34. The first-order valence-corrected chi connectivity index (χ1v) is 9.49. The number of hydrogen-bond acceptors (Lipinski definition) is 7. The molecule has 1 aromatic carbocycles. The van der Waals surface area contributed by atoms with Gasteiger partial charge in [-0.1, -0.05) is 36.9 Å². The van der Waals surface area contributed by atoms with Gasteiger partial charge in [0.15, 0.2) is 4.34 Å². The summed E-state index contributed by atoms with van der Waals surface area (Å²) in [5.41, 5.74) is 3.72. The number of aromatic nitrogens is 2. The van der Waals surface area contributed by atoms with Crippen LogP contribution >= 0.6 is 23.1 Å². The molecule has 1 N–H and O–H groups in total. The smallest absolute Gasteiger partial charge is 0.336 e. The van der Waals surface area contributed by atoms with Crippen LogP contribution in [0.4, 0.5) is 5.13 Å². The van der Waals surface area contributed by atoms with Gasteiger partial charge in [0.1, 0.15) is 5.58 Å². The lowest BCUT2D eigenvalue weighted by atomic mass is 9.95. The summed E-state index contributed by atoms with van der Waals surface area (Å²) < 4.78 is 6.26. The van der Waals surface area contributed by atoms with Crippen LogP contribution in [0.15, 0.2) is 31.8 Å². The van der Waals surface area contributed by atoms with Gasteiger partial charge in [-0.05, 0) is 41.7 Å². The van der Waals surface area contributed by atoms with Crippen molar-refractivity contribution in [1.82, 2.24) is 10.2 Å². The maximum absolute atomic E-state index is 11.9. The van der Waals surface area contributed by atoms with Crippen molar-refractivity contribution in [1.29, 1.82) is 0 Å². The summed E-state index contributed by atoms with van der Waals surface area (Å²) in [4.78, 5) is 11.9. The van der Waals surface area contributed by atoms with Crippen molar-refractivity contribution in [3.05, 3.63) is 45.3 Å². The number of benzene rings is 1. The summed E-state index contributed by atoms with van der Waals surface area (Å²) in [5, 5.41) is 12.9. The zero-order chi connectivity index (χ0) is 17.3. The third-order valence-corrected chi connectivity index (χ3v) is 5.93. The molecule has 0 unspecified atom stereocenters. The van der Waals surface area contributed by atoms with Gasteiger partial charge in [0.2, 0.25) is 5.13 Å². The van der Waals surface area contributed by atoms with Crippen LogP contribution in [-0.2, 0) is 5.75 Å². The summed E-state index contributed by atoms with van der Waals surface area (Å²) in [6, 6.07) is 5.69. The highest BCUT2D eigenvalue weighted by Gasteiger charge is 2.12. The fourth-order valence-electron chi connectivity index (χ4n) is 2.64. The van der Waals surface area contributed by atoms with Gasteiger partial charge in [-0.3, -0.25) is 0 Å². The highest BCUT2D eigenvalue weighted by molar-refractivity contribution is 8.00. The molecule has 24 heavy (non-hydrogen) atoms. The standard InChI is InChI=1S/C17H19N3O2S2/c1-9(2)12-7-13-11(6-15(21)22-14(13)5-10(12)3)8-23-17-20-19-16(18-4)24-17/h5-7,9H,8H2,1-4H3,(H,18,19). The van der Waals surface area contributed by atoms with Crippen LogP contribution in [0.5, 0.6) is 0 Å². The second-order valence-electron chi connectivity index (χ2n) is 5.86. The van der Waals surface area contributed by atoms with Crippen molar-refractivity contribution < 1.29 is 4.42 Å². The molecule has 7 heteroatoms. The predicted octanol–water partition coefficient (Wildman–Crippen LogP) is 4.41. The molecule has 3 aromatic rings. The highest BCUT2D eigenvalue weighted by Crippen LogP contribution is 2.32. The minimum Gasteiger partial charge on any atom is -0.423 e.